The molecule has 1 heterocycles. The van der Waals surface area contributed by atoms with Gasteiger partial charge >= 0.3 is 10.4 Å². The molecule has 35 heavy (non-hydrogen) atoms. The Bertz CT molecular complexity index is 788. The minimum atomic E-state index is -3.94. The molecule has 0 amide bonds. The highest BCUT2D eigenvalue weighted by atomic mass is 32.3. The largest absolute Gasteiger partial charge is 0.501 e. The van der Waals surface area contributed by atoms with Crippen molar-refractivity contribution >= 4 is 10.4 Å². The second-order valence-electron chi connectivity index (χ2n) is 10.5. The number of aryl methyl sites for hydroxylation is 1. The third kappa shape index (κ3) is 12.5. The first kappa shape index (κ1) is 30.0. The standard InChI is InChI=1S/C30H52O4S/c1-3-5-7-9-11-13-15-17-19-21-23-27-25-26-29-30(34-35(31,32)33-29)28(27)24-22-20-18-16-14-12-10-8-6-4-2/h25-26H,3-24H2,1-2H3. The number of fused-ring (bicyclic) bond motifs is 1. The first-order valence-corrected chi connectivity index (χ1v) is 16.2. The maximum Gasteiger partial charge on any atom is 0.501 e. The highest BCUT2D eigenvalue weighted by molar-refractivity contribution is 7.82. The van der Waals surface area contributed by atoms with Crippen LogP contribution >= 0.6 is 0 Å². The SMILES string of the molecule is CCCCCCCCCCCCc1ccc2c(c1CCCCCCCCCCCC)OS(=O)(=O)O2. The Hall–Kier alpha value is -1.23. The summed E-state index contributed by atoms with van der Waals surface area (Å²) >= 11 is 0. The maximum atomic E-state index is 11.9. The molecular weight excluding hydrogens is 456 g/mol. The van der Waals surface area contributed by atoms with Crippen LogP contribution in [0.3, 0.4) is 0 Å². The summed E-state index contributed by atoms with van der Waals surface area (Å²) in [5, 5.41) is 0. The van der Waals surface area contributed by atoms with E-state index < -0.39 is 10.4 Å². The second-order valence-corrected chi connectivity index (χ2v) is 11.6. The van der Waals surface area contributed by atoms with E-state index in [1.165, 1.54) is 121 Å². The Kier molecular flexibility index (Phi) is 15.5. The van der Waals surface area contributed by atoms with Gasteiger partial charge < -0.3 is 8.37 Å². The topological polar surface area (TPSA) is 52.6 Å². The van der Waals surface area contributed by atoms with E-state index in [1.54, 1.807) is 6.07 Å². The molecule has 0 N–H and O–H groups in total. The number of benzene rings is 1. The number of hydrogen-bond acceptors (Lipinski definition) is 4. The minimum absolute atomic E-state index is 0.360. The fraction of sp³-hybridized carbons (Fsp3) is 0.800. The molecule has 0 atom stereocenters. The summed E-state index contributed by atoms with van der Waals surface area (Å²) in [4.78, 5) is 0. The van der Waals surface area contributed by atoms with Crippen LogP contribution in [0.15, 0.2) is 12.1 Å². The monoisotopic (exact) mass is 508 g/mol. The van der Waals surface area contributed by atoms with Crippen LogP contribution in [-0.2, 0) is 23.2 Å². The summed E-state index contributed by atoms with van der Waals surface area (Å²) in [6.07, 6.45) is 28.0. The van der Waals surface area contributed by atoms with Crippen molar-refractivity contribution in [1.82, 2.24) is 0 Å². The molecule has 5 heteroatoms. The molecule has 0 bridgehead atoms. The molecule has 0 saturated carbocycles. The van der Waals surface area contributed by atoms with Crippen molar-refractivity contribution < 1.29 is 16.8 Å². The Labute approximate surface area is 216 Å². The van der Waals surface area contributed by atoms with Crippen molar-refractivity contribution in [1.29, 1.82) is 0 Å². The second kappa shape index (κ2) is 18.1. The van der Waals surface area contributed by atoms with E-state index in [0.29, 0.717) is 11.5 Å². The van der Waals surface area contributed by atoms with E-state index in [1.807, 2.05) is 0 Å². The normalized spacial score (nSPS) is 14.0. The lowest BCUT2D eigenvalue weighted by Gasteiger charge is -2.12. The van der Waals surface area contributed by atoms with Gasteiger partial charge in [0, 0.05) is 5.56 Å². The highest BCUT2D eigenvalue weighted by Crippen LogP contribution is 2.41. The molecule has 2 rings (SSSR count). The molecule has 1 aromatic rings. The first-order chi connectivity index (χ1) is 17.1. The average Bonchev–Trinajstić information content (AvgIpc) is 3.16. The molecule has 1 aliphatic heterocycles. The lowest BCUT2D eigenvalue weighted by molar-refractivity contribution is 0.435. The summed E-state index contributed by atoms with van der Waals surface area (Å²) < 4.78 is 34.1. The van der Waals surface area contributed by atoms with Crippen LogP contribution in [0.4, 0.5) is 0 Å². The lowest BCUT2D eigenvalue weighted by Crippen LogP contribution is -2.08. The predicted octanol–water partition coefficient (Wildman–Crippen LogP) is 9.63. The lowest BCUT2D eigenvalue weighted by atomic mass is 9.95. The van der Waals surface area contributed by atoms with Crippen LogP contribution in [0.5, 0.6) is 11.5 Å². The third-order valence-electron chi connectivity index (χ3n) is 7.28. The minimum Gasteiger partial charge on any atom is -0.349 e. The zero-order valence-corrected chi connectivity index (χ0v) is 23.6. The summed E-state index contributed by atoms with van der Waals surface area (Å²) in [6.45, 7) is 4.53. The van der Waals surface area contributed by atoms with Crippen molar-refractivity contribution in [2.24, 2.45) is 0 Å². The Morgan fingerprint density at radius 2 is 0.971 bits per heavy atom. The Morgan fingerprint density at radius 3 is 1.46 bits per heavy atom. The molecule has 0 unspecified atom stereocenters. The molecule has 1 aromatic carbocycles. The Morgan fingerprint density at radius 1 is 0.543 bits per heavy atom. The van der Waals surface area contributed by atoms with Gasteiger partial charge in [0.25, 0.3) is 0 Å². The molecule has 0 radical (unpaired) electrons. The number of hydrogen-bond donors (Lipinski definition) is 0. The zero-order chi connectivity index (χ0) is 25.2. The fourth-order valence-electron chi connectivity index (χ4n) is 5.13. The predicted molar refractivity (Wildman–Crippen MR) is 148 cm³/mol. The van der Waals surface area contributed by atoms with Gasteiger partial charge in [0.05, 0.1) is 0 Å². The molecule has 202 valence electrons. The van der Waals surface area contributed by atoms with Gasteiger partial charge in [-0.15, -0.1) is 8.42 Å². The summed E-state index contributed by atoms with van der Waals surface area (Å²) in [7, 11) is -3.94. The third-order valence-corrected chi connectivity index (χ3v) is 8.03. The Balaban J connectivity index is 1.72. The number of unbranched alkanes of at least 4 members (excludes halogenated alkanes) is 18. The van der Waals surface area contributed by atoms with Gasteiger partial charge in [-0.05, 0) is 37.3 Å². The van der Waals surface area contributed by atoms with Gasteiger partial charge in [0.1, 0.15) is 0 Å². The van der Waals surface area contributed by atoms with E-state index in [2.05, 4.69) is 19.9 Å². The van der Waals surface area contributed by atoms with Gasteiger partial charge in [-0.2, -0.15) is 0 Å². The van der Waals surface area contributed by atoms with Gasteiger partial charge in [-0.3, -0.25) is 0 Å². The molecule has 1 aliphatic rings. The van der Waals surface area contributed by atoms with E-state index in [9.17, 15) is 8.42 Å². The van der Waals surface area contributed by atoms with Gasteiger partial charge in [0.2, 0.25) is 0 Å². The fourth-order valence-corrected chi connectivity index (χ4v) is 5.91. The molecule has 0 aliphatic carbocycles. The zero-order valence-electron chi connectivity index (χ0n) is 22.8. The van der Waals surface area contributed by atoms with Crippen molar-refractivity contribution in [2.45, 2.75) is 155 Å². The quantitative estimate of drug-likeness (QED) is 0.146. The number of rotatable bonds is 22. The van der Waals surface area contributed by atoms with Crippen LogP contribution in [-0.4, -0.2) is 8.42 Å². The van der Waals surface area contributed by atoms with Gasteiger partial charge in [-0.1, -0.05) is 135 Å². The first-order valence-electron chi connectivity index (χ1n) is 14.9. The van der Waals surface area contributed by atoms with E-state index >= 15 is 0 Å². The molecule has 0 spiro atoms. The van der Waals surface area contributed by atoms with Crippen LogP contribution in [0, 0.1) is 0 Å². The van der Waals surface area contributed by atoms with Crippen molar-refractivity contribution in [3.63, 3.8) is 0 Å². The highest BCUT2D eigenvalue weighted by Gasteiger charge is 2.31. The molecule has 4 nitrogen and oxygen atoms in total. The van der Waals surface area contributed by atoms with Crippen LogP contribution < -0.4 is 8.37 Å². The summed E-state index contributed by atoms with van der Waals surface area (Å²) in [6, 6.07) is 3.83. The smallest absolute Gasteiger partial charge is 0.349 e. The summed E-state index contributed by atoms with van der Waals surface area (Å²) in [5.74, 6) is 0.810. The summed E-state index contributed by atoms with van der Waals surface area (Å²) in [5.41, 5.74) is 2.29. The van der Waals surface area contributed by atoms with E-state index in [-0.39, 0.29) is 0 Å². The van der Waals surface area contributed by atoms with E-state index in [0.717, 1.165) is 31.2 Å². The molecular formula is C30H52O4S. The van der Waals surface area contributed by atoms with Crippen LogP contribution in [0.25, 0.3) is 0 Å². The van der Waals surface area contributed by atoms with Crippen molar-refractivity contribution in [3.05, 3.63) is 23.3 Å². The van der Waals surface area contributed by atoms with Crippen LogP contribution in [0.1, 0.15) is 153 Å². The molecule has 0 saturated heterocycles. The van der Waals surface area contributed by atoms with Crippen molar-refractivity contribution in [3.8, 4) is 11.5 Å². The molecule has 0 fully saturated rings. The van der Waals surface area contributed by atoms with Crippen LogP contribution in [0.2, 0.25) is 0 Å². The van der Waals surface area contributed by atoms with Gasteiger partial charge in [-0.25, -0.2) is 0 Å². The molecule has 0 aromatic heterocycles. The van der Waals surface area contributed by atoms with E-state index in [4.69, 9.17) is 8.37 Å². The van der Waals surface area contributed by atoms with Crippen molar-refractivity contribution in [2.75, 3.05) is 0 Å². The maximum absolute atomic E-state index is 11.9. The average molecular weight is 509 g/mol. The van der Waals surface area contributed by atoms with Gasteiger partial charge in [0.15, 0.2) is 11.5 Å².